The average Bonchev–Trinajstić information content (AvgIpc) is 2.40. The van der Waals surface area contributed by atoms with Crippen LogP contribution in [0.2, 0.25) is 0 Å². The van der Waals surface area contributed by atoms with E-state index in [1.165, 1.54) is 12.8 Å². The summed E-state index contributed by atoms with van der Waals surface area (Å²) < 4.78 is 0. The van der Waals surface area contributed by atoms with Crippen molar-refractivity contribution >= 4 is 5.91 Å². The maximum absolute atomic E-state index is 12.7. The zero-order valence-electron chi connectivity index (χ0n) is 11.9. The van der Waals surface area contributed by atoms with E-state index in [0.29, 0.717) is 30.8 Å². The zero-order valence-corrected chi connectivity index (χ0v) is 11.9. The van der Waals surface area contributed by atoms with Crippen LogP contribution >= 0.6 is 0 Å². The van der Waals surface area contributed by atoms with Gasteiger partial charge < -0.3 is 15.7 Å². The number of nitrogens with two attached hydrogens (primary N) is 1. The van der Waals surface area contributed by atoms with Crippen LogP contribution in [0.25, 0.3) is 0 Å². The number of carbonyl (C=O) groups is 1. The summed E-state index contributed by atoms with van der Waals surface area (Å²) >= 11 is 0. The van der Waals surface area contributed by atoms with Crippen LogP contribution in [-0.4, -0.2) is 41.7 Å². The number of hydrogen-bond acceptors (Lipinski definition) is 3. The highest BCUT2D eigenvalue weighted by atomic mass is 16.3. The fourth-order valence-electron chi connectivity index (χ4n) is 3.38. The molecule has 0 bridgehead atoms. The van der Waals surface area contributed by atoms with E-state index in [1.54, 1.807) is 0 Å². The third-order valence-corrected chi connectivity index (χ3v) is 4.82. The van der Waals surface area contributed by atoms with Crippen molar-refractivity contribution in [1.29, 1.82) is 0 Å². The van der Waals surface area contributed by atoms with Crippen LogP contribution in [0.3, 0.4) is 0 Å². The maximum atomic E-state index is 12.7. The summed E-state index contributed by atoms with van der Waals surface area (Å²) in [4.78, 5) is 14.8. The van der Waals surface area contributed by atoms with E-state index >= 15 is 0 Å². The minimum absolute atomic E-state index is 0.173. The van der Waals surface area contributed by atoms with E-state index in [2.05, 4.69) is 4.90 Å². The molecule has 0 aromatic carbocycles. The molecule has 2 rings (SSSR count). The van der Waals surface area contributed by atoms with Gasteiger partial charge in [0.1, 0.15) is 0 Å². The molecule has 19 heavy (non-hydrogen) atoms. The summed E-state index contributed by atoms with van der Waals surface area (Å²) in [6, 6.07) is 0.442. The number of carbonyl (C=O) groups excluding carboxylic acids is 1. The number of hydrogen-bond donors (Lipinski definition) is 2. The van der Waals surface area contributed by atoms with Gasteiger partial charge in [-0.2, -0.15) is 0 Å². The van der Waals surface area contributed by atoms with Gasteiger partial charge in [-0.3, -0.25) is 4.79 Å². The number of rotatable bonds is 6. The Kier molecular flexibility index (Phi) is 5.64. The molecule has 0 radical (unpaired) electrons. The number of aliphatic hydroxyl groups is 1. The molecule has 1 amide bonds. The maximum Gasteiger partial charge on any atom is 0.225 e. The molecular weight excluding hydrogens is 240 g/mol. The van der Waals surface area contributed by atoms with Crippen molar-refractivity contribution in [2.45, 2.75) is 57.4 Å². The van der Waals surface area contributed by atoms with E-state index < -0.39 is 0 Å². The first kappa shape index (κ1) is 14.8. The Morgan fingerprint density at radius 2 is 1.95 bits per heavy atom. The highest BCUT2D eigenvalue weighted by Crippen LogP contribution is 2.33. The van der Waals surface area contributed by atoms with E-state index in [1.807, 2.05) is 0 Å². The Labute approximate surface area is 116 Å². The second kappa shape index (κ2) is 7.25. The van der Waals surface area contributed by atoms with Crippen LogP contribution < -0.4 is 5.73 Å². The molecule has 0 aromatic heterocycles. The van der Waals surface area contributed by atoms with Crippen LogP contribution in [0.15, 0.2) is 0 Å². The first-order valence-electron chi connectivity index (χ1n) is 7.87. The molecular formula is C15H28N2O2. The van der Waals surface area contributed by atoms with E-state index in [4.69, 9.17) is 10.8 Å². The van der Waals surface area contributed by atoms with Crippen molar-refractivity contribution in [2.24, 2.45) is 17.6 Å². The van der Waals surface area contributed by atoms with Crippen LogP contribution in [0.1, 0.15) is 51.4 Å². The minimum Gasteiger partial charge on any atom is -0.396 e. The number of nitrogens with zero attached hydrogens (tertiary/aromatic N) is 1. The standard InChI is InChI=1S/C15H28N2O2/c16-11-12-4-1-5-13(10-12)15(19)17(8-3-9-18)14-6-2-7-14/h12-14,18H,1-11,16H2. The predicted octanol–water partition coefficient (Wildman–Crippen LogP) is 1.51. The van der Waals surface area contributed by atoms with Gasteiger partial charge in [-0.05, 0) is 57.4 Å². The third kappa shape index (κ3) is 3.69. The van der Waals surface area contributed by atoms with Gasteiger partial charge in [0.2, 0.25) is 5.91 Å². The third-order valence-electron chi connectivity index (χ3n) is 4.82. The Balaban J connectivity index is 1.93. The van der Waals surface area contributed by atoms with Crippen LogP contribution in [-0.2, 0) is 4.79 Å². The topological polar surface area (TPSA) is 66.6 Å². The van der Waals surface area contributed by atoms with Gasteiger partial charge >= 0.3 is 0 Å². The Bertz CT molecular complexity index is 292. The SMILES string of the molecule is NCC1CCCC(C(=O)N(CCCO)C2CCC2)C1. The fraction of sp³-hybridized carbons (Fsp3) is 0.933. The highest BCUT2D eigenvalue weighted by molar-refractivity contribution is 5.79. The molecule has 2 unspecified atom stereocenters. The van der Waals surface area contributed by atoms with Crippen molar-refractivity contribution < 1.29 is 9.90 Å². The van der Waals surface area contributed by atoms with Crippen molar-refractivity contribution in [3.8, 4) is 0 Å². The number of amides is 1. The summed E-state index contributed by atoms with van der Waals surface area (Å²) in [5.74, 6) is 1.04. The molecule has 4 nitrogen and oxygen atoms in total. The van der Waals surface area contributed by atoms with Crippen LogP contribution in [0.4, 0.5) is 0 Å². The normalized spacial score (nSPS) is 27.9. The van der Waals surface area contributed by atoms with Crippen LogP contribution in [0.5, 0.6) is 0 Å². The Hall–Kier alpha value is -0.610. The smallest absolute Gasteiger partial charge is 0.225 e. The molecule has 0 saturated heterocycles. The highest BCUT2D eigenvalue weighted by Gasteiger charge is 2.34. The van der Waals surface area contributed by atoms with Crippen LogP contribution in [0, 0.1) is 11.8 Å². The van der Waals surface area contributed by atoms with Gasteiger partial charge in [0.25, 0.3) is 0 Å². The summed E-state index contributed by atoms with van der Waals surface area (Å²) in [6.07, 6.45) is 8.54. The van der Waals surface area contributed by atoms with Gasteiger partial charge in [-0.25, -0.2) is 0 Å². The monoisotopic (exact) mass is 268 g/mol. The van der Waals surface area contributed by atoms with Gasteiger partial charge in [0.15, 0.2) is 0 Å². The van der Waals surface area contributed by atoms with Gasteiger partial charge in [0.05, 0.1) is 0 Å². The van der Waals surface area contributed by atoms with Crippen molar-refractivity contribution in [2.75, 3.05) is 19.7 Å². The van der Waals surface area contributed by atoms with Gasteiger partial charge in [-0.1, -0.05) is 6.42 Å². The first-order chi connectivity index (χ1) is 9.26. The molecule has 2 aliphatic rings. The van der Waals surface area contributed by atoms with E-state index in [0.717, 1.165) is 38.6 Å². The molecule has 0 heterocycles. The quantitative estimate of drug-likeness (QED) is 0.767. The molecule has 0 spiro atoms. The first-order valence-corrected chi connectivity index (χ1v) is 7.87. The second-order valence-corrected chi connectivity index (χ2v) is 6.16. The fourth-order valence-corrected chi connectivity index (χ4v) is 3.38. The number of aliphatic hydroxyl groups excluding tert-OH is 1. The molecule has 2 aliphatic carbocycles. The molecule has 3 N–H and O–H groups in total. The van der Waals surface area contributed by atoms with Gasteiger partial charge in [-0.15, -0.1) is 0 Å². The molecule has 2 saturated carbocycles. The van der Waals surface area contributed by atoms with Crippen molar-refractivity contribution in [3.63, 3.8) is 0 Å². The Morgan fingerprint density at radius 3 is 2.53 bits per heavy atom. The molecule has 2 atom stereocenters. The lowest BCUT2D eigenvalue weighted by molar-refractivity contribution is -0.141. The lowest BCUT2D eigenvalue weighted by Gasteiger charge is -2.41. The lowest BCUT2D eigenvalue weighted by atomic mass is 9.80. The average molecular weight is 268 g/mol. The summed E-state index contributed by atoms with van der Waals surface area (Å²) in [5.41, 5.74) is 5.76. The molecule has 0 aliphatic heterocycles. The lowest BCUT2D eigenvalue weighted by Crippen LogP contribution is -2.48. The summed E-state index contributed by atoms with van der Waals surface area (Å²) in [5, 5.41) is 9.01. The summed E-state index contributed by atoms with van der Waals surface area (Å²) in [6.45, 7) is 1.61. The molecule has 2 fully saturated rings. The largest absolute Gasteiger partial charge is 0.396 e. The second-order valence-electron chi connectivity index (χ2n) is 6.16. The minimum atomic E-state index is 0.173. The summed E-state index contributed by atoms with van der Waals surface area (Å²) in [7, 11) is 0. The van der Waals surface area contributed by atoms with E-state index in [-0.39, 0.29) is 12.5 Å². The molecule has 110 valence electrons. The van der Waals surface area contributed by atoms with E-state index in [9.17, 15) is 4.79 Å². The van der Waals surface area contributed by atoms with Crippen molar-refractivity contribution in [1.82, 2.24) is 4.90 Å². The zero-order chi connectivity index (χ0) is 13.7. The predicted molar refractivity (Wildman–Crippen MR) is 75.6 cm³/mol. The Morgan fingerprint density at radius 1 is 1.21 bits per heavy atom. The molecule has 4 heteroatoms. The van der Waals surface area contributed by atoms with Gasteiger partial charge in [0, 0.05) is 25.1 Å². The van der Waals surface area contributed by atoms with Crippen molar-refractivity contribution in [3.05, 3.63) is 0 Å². The molecule has 0 aromatic rings.